The van der Waals surface area contributed by atoms with Crippen molar-refractivity contribution in [3.8, 4) is 5.75 Å². The number of fused-ring (bicyclic) bond motifs is 1. The number of ether oxygens (including phenoxy) is 2. The molecule has 35 heavy (non-hydrogen) atoms. The molecule has 1 N–H and O–H groups in total. The fourth-order valence-corrected chi connectivity index (χ4v) is 4.38. The van der Waals surface area contributed by atoms with Gasteiger partial charge in [-0.05, 0) is 66.6 Å². The Balaban J connectivity index is 1.53. The largest absolute Gasteiger partial charge is 0.507 e. The van der Waals surface area contributed by atoms with E-state index in [2.05, 4.69) is 10.2 Å². The minimum absolute atomic E-state index is 0.0104. The minimum atomic E-state index is -0.661. The Morgan fingerprint density at radius 3 is 2.66 bits per heavy atom. The molecule has 0 bridgehead atoms. The summed E-state index contributed by atoms with van der Waals surface area (Å²) in [6.07, 6.45) is 0.000989. The van der Waals surface area contributed by atoms with Gasteiger partial charge in [0.1, 0.15) is 17.2 Å². The molecule has 0 aromatic heterocycles. The lowest BCUT2D eigenvalue weighted by molar-refractivity contribution is -0.0393. The molecule has 1 saturated heterocycles. The van der Waals surface area contributed by atoms with Crippen molar-refractivity contribution in [3.63, 3.8) is 0 Å². The number of phenolic OH excluding ortho intramolecular Hbond substituents is 1. The summed E-state index contributed by atoms with van der Waals surface area (Å²) in [6.45, 7) is 6.90. The average molecular weight is 493 g/mol. The number of hydrogen-bond donors (Lipinski definition) is 1. The summed E-state index contributed by atoms with van der Waals surface area (Å²) in [5.74, 6) is -0.0472. The van der Waals surface area contributed by atoms with Crippen LogP contribution in [0.4, 0.5) is 9.18 Å². The van der Waals surface area contributed by atoms with E-state index < -0.39 is 5.60 Å². The SMILES string of the molecule is CC([Si])C(C)(C)OC(=O)N1CCC(c2ccc(F)cc2)C(OCc2ccc3cccc(O)c3c2)C1. The van der Waals surface area contributed by atoms with Gasteiger partial charge in [0, 0.05) is 28.1 Å². The van der Waals surface area contributed by atoms with Crippen LogP contribution in [0.25, 0.3) is 10.8 Å². The quantitative estimate of drug-likeness (QED) is 0.432. The third-order valence-corrected chi connectivity index (χ3v) is 7.59. The van der Waals surface area contributed by atoms with E-state index in [1.807, 2.05) is 51.1 Å². The molecule has 0 aliphatic carbocycles. The number of carbonyl (C=O) groups is 1. The van der Waals surface area contributed by atoms with Crippen LogP contribution in [0, 0.1) is 5.82 Å². The maximum Gasteiger partial charge on any atom is 0.410 e. The Labute approximate surface area is 209 Å². The third-order valence-electron chi connectivity index (χ3n) is 6.90. The van der Waals surface area contributed by atoms with Crippen molar-refractivity contribution in [1.82, 2.24) is 4.90 Å². The smallest absolute Gasteiger partial charge is 0.410 e. The van der Waals surface area contributed by atoms with Crippen molar-refractivity contribution in [2.75, 3.05) is 13.1 Å². The monoisotopic (exact) mass is 492 g/mol. The molecule has 3 unspecified atom stereocenters. The second kappa shape index (κ2) is 10.4. The molecule has 1 amide bonds. The van der Waals surface area contributed by atoms with Gasteiger partial charge in [0.05, 0.1) is 19.3 Å². The average Bonchev–Trinajstić information content (AvgIpc) is 2.83. The number of piperidine rings is 1. The summed E-state index contributed by atoms with van der Waals surface area (Å²) in [4.78, 5) is 14.6. The molecule has 3 aromatic rings. The number of hydrogen-bond acceptors (Lipinski definition) is 4. The van der Waals surface area contributed by atoms with Gasteiger partial charge in [0.2, 0.25) is 0 Å². The summed E-state index contributed by atoms with van der Waals surface area (Å²) in [6, 6.07) is 17.8. The summed E-state index contributed by atoms with van der Waals surface area (Å²) in [7, 11) is 3.57. The van der Waals surface area contributed by atoms with Crippen LogP contribution in [0.2, 0.25) is 5.54 Å². The van der Waals surface area contributed by atoms with Crippen molar-refractivity contribution >= 4 is 27.1 Å². The molecule has 3 radical (unpaired) electrons. The van der Waals surface area contributed by atoms with E-state index >= 15 is 0 Å². The predicted octanol–water partition coefficient (Wildman–Crippen LogP) is 5.95. The number of aromatic hydroxyl groups is 1. The highest BCUT2D eigenvalue weighted by Gasteiger charge is 2.36. The lowest BCUT2D eigenvalue weighted by Gasteiger charge is -2.40. The molecule has 1 heterocycles. The highest BCUT2D eigenvalue weighted by Crippen LogP contribution is 2.33. The third kappa shape index (κ3) is 5.85. The summed E-state index contributed by atoms with van der Waals surface area (Å²) in [5, 5.41) is 11.9. The van der Waals surface area contributed by atoms with Gasteiger partial charge in [-0.2, -0.15) is 0 Å². The lowest BCUT2D eigenvalue weighted by Crippen LogP contribution is -2.49. The second-order valence-corrected chi connectivity index (χ2v) is 10.6. The highest BCUT2D eigenvalue weighted by atomic mass is 28.1. The maximum atomic E-state index is 13.5. The number of amides is 1. The van der Waals surface area contributed by atoms with Gasteiger partial charge in [0.25, 0.3) is 0 Å². The van der Waals surface area contributed by atoms with Crippen molar-refractivity contribution in [3.05, 3.63) is 77.6 Å². The van der Waals surface area contributed by atoms with E-state index in [0.29, 0.717) is 26.1 Å². The van der Waals surface area contributed by atoms with Crippen molar-refractivity contribution in [2.24, 2.45) is 0 Å². The number of halogens is 1. The van der Waals surface area contributed by atoms with Crippen LogP contribution in [0.5, 0.6) is 5.75 Å². The summed E-state index contributed by atoms with van der Waals surface area (Å²) >= 11 is 0. The number of nitrogens with zero attached hydrogens (tertiary/aromatic N) is 1. The standard InChI is InChI=1S/C28H31FNO4Si/c1-18(35)28(2,3)34-27(32)30-14-13-23(21-9-11-22(29)12-10-21)26(16-30)33-17-19-7-8-20-5-4-6-25(31)24(20)15-19/h4-12,15,18,23,26,31H,13-14,16-17H2,1-3H3. The molecule has 1 aliphatic heterocycles. The molecule has 1 aliphatic rings. The van der Waals surface area contributed by atoms with Gasteiger partial charge in [-0.15, -0.1) is 0 Å². The Morgan fingerprint density at radius 2 is 1.94 bits per heavy atom. The Kier molecular flexibility index (Phi) is 7.47. The molecule has 3 atom stereocenters. The molecular weight excluding hydrogens is 461 g/mol. The topological polar surface area (TPSA) is 59.0 Å². The van der Waals surface area contributed by atoms with E-state index in [1.54, 1.807) is 23.1 Å². The van der Waals surface area contributed by atoms with Crippen molar-refractivity contribution in [1.29, 1.82) is 0 Å². The molecule has 4 rings (SSSR count). The predicted molar refractivity (Wildman–Crippen MR) is 135 cm³/mol. The minimum Gasteiger partial charge on any atom is -0.507 e. The zero-order chi connectivity index (χ0) is 25.2. The summed E-state index contributed by atoms with van der Waals surface area (Å²) < 4.78 is 25.7. The molecule has 3 aromatic carbocycles. The van der Waals surface area contributed by atoms with Crippen molar-refractivity contribution in [2.45, 2.75) is 57.0 Å². The number of rotatable bonds is 6. The first-order valence-electron chi connectivity index (χ1n) is 11.9. The first-order chi connectivity index (χ1) is 16.6. The fraction of sp³-hybridized carbons (Fsp3) is 0.393. The van der Waals surface area contributed by atoms with E-state index in [4.69, 9.17) is 9.47 Å². The Hall–Kier alpha value is -2.90. The van der Waals surface area contributed by atoms with Crippen LogP contribution >= 0.6 is 0 Å². The maximum absolute atomic E-state index is 13.5. The van der Waals surface area contributed by atoms with E-state index in [1.165, 1.54) is 12.1 Å². The lowest BCUT2D eigenvalue weighted by atomic mass is 9.87. The Morgan fingerprint density at radius 1 is 1.20 bits per heavy atom. The number of benzene rings is 3. The number of likely N-dealkylation sites (tertiary alicyclic amines) is 1. The van der Waals surface area contributed by atoms with Crippen LogP contribution in [-0.2, 0) is 16.1 Å². The van der Waals surface area contributed by atoms with Crippen LogP contribution in [-0.4, -0.2) is 51.1 Å². The molecular formula is C28H31FNO4Si. The molecule has 5 nitrogen and oxygen atoms in total. The van der Waals surface area contributed by atoms with Crippen LogP contribution in [0.15, 0.2) is 60.7 Å². The van der Waals surface area contributed by atoms with Gasteiger partial charge >= 0.3 is 6.09 Å². The number of carbonyl (C=O) groups excluding carboxylic acids is 1. The van der Waals surface area contributed by atoms with Crippen molar-refractivity contribution < 1.29 is 23.8 Å². The van der Waals surface area contributed by atoms with Gasteiger partial charge in [0.15, 0.2) is 0 Å². The van der Waals surface area contributed by atoms with E-state index in [0.717, 1.165) is 21.9 Å². The van der Waals surface area contributed by atoms with Gasteiger partial charge in [-0.1, -0.05) is 43.3 Å². The zero-order valence-corrected chi connectivity index (χ0v) is 21.3. The normalized spacial score (nSPS) is 19.5. The fourth-order valence-electron chi connectivity index (χ4n) is 4.32. The van der Waals surface area contributed by atoms with E-state index in [9.17, 15) is 14.3 Å². The Bertz CT molecular complexity index is 1180. The molecule has 0 spiro atoms. The molecule has 183 valence electrons. The zero-order valence-electron chi connectivity index (χ0n) is 20.3. The van der Waals surface area contributed by atoms with Crippen LogP contribution in [0.3, 0.4) is 0 Å². The summed E-state index contributed by atoms with van der Waals surface area (Å²) in [5.41, 5.74) is 1.23. The molecule has 0 saturated carbocycles. The van der Waals surface area contributed by atoms with Crippen LogP contribution in [0.1, 0.15) is 44.2 Å². The first kappa shape index (κ1) is 25.2. The molecule has 1 fully saturated rings. The highest BCUT2D eigenvalue weighted by molar-refractivity contribution is 6.12. The second-order valence-electron chi connectivity index (χ2n) is 9.77. The molecule has 7 heteroatoms. The number of phenols is 1. The van der Waals surface area contributed by atoms with Crippen LogP contribution < -0.4 is 0 Å². The first-order valence-corrected chi connectivity index (χ1v) is 12.5. The van der Waals surface area contributed by atoms with Gasteiger partial charge in [-0.25, -0.2) is 9.18 Å². The van der Waals surface area contributed by atoms with Gasteiger partial charge in [-0.3, -0.25) is 0 Å². The van der Waals surface area contributed by atoms with Gasteiger partial charge < -0.3 is 19.5 Å². The van der Waals surface area contributed by atoms with E-state index in [-0.39, 0.29) is 35.2 Å².